The number of halogens is 3. The lowest BCUT2D eigenvalue weighted by Gasteiger charge is -2.14. The Morgan fingerprint density at radius 2 is 1.74 bits per heavy atom. The van der Waals surface area contributed by atoms with Gasteiger partial charge in [-0.2, -0.15) is 0 Å². The van der Waals surface area contributed by atoms with E-state index < -0.39 is 12.0 Å². The second-order valence-corrected chi connectivity index (χ2v) is 8.24. The monoisotopic (exact) mass is 651 g/mol. The van der Waals surface area contributed by atoms with Crippen LogP contribution in [0.1, 0.15) is 5.56 Å². The van der Waals surface area contributed by atoms with Crippen LogP contribution >= 0.6 is 67.8 Å². The van der Waals surface area contributed by atoms with E-state index in [1.165, 1.54) is 0 Å². The first-order chi connectivity index (χ1) is 10.8. The fraction of sp³-hybridized carbons (Fsp3) is 0.133. The van der Waals surface area contributed by atoms with Crippen molar-refractivity contribution in [2.75, 3.05) is 0 Å². The Morgan fingerprint density at radius 1 is 1.13 bits per heavy atom. The van der Waals surface area contributed by atoms with Crippen LogP contribution in [0.25, 0.3) is 0 Å². The molecule has 0 radical (unpaired) electrons. The van der Waals surface area contributed by atoms with E-state index >= 15 is 0 Å². The highest BCUT2D eigenvalue weighted by atomic mass is 127. The molecule has 2 aromatic carbocycles. The third-order valence-electron chi connectivity index (χ3n) is 2.96. The molecule has 1 atom stereocenters. The molecule has 5 nitrogen and oxygen atoms in total. The summed E-state index contributed by atoms with van der Waals surface area (Å²) < 4.78 is 8.48. The number of ether oxygens (including phenoxy) is 1. The van der Waals surface area contributed by atoms with E-state index in [0.29, 0.717) is 11.5 Å². The third-order valence-corrected chi connectivity index (χ3v) is 5.40. The highest BCUT2D eigenvalue weighted by Crippen LogP contribution is 2.35. The summed E-state index contributed by atoms with van der Waals surface area (Å²) in [7, 11) is 0. The molecule has 0 fully saturated rings. The largest absolute Gasteiger partial charge is 0.508 e. The number of nitrogens with two attached hydrogens (primary N) is 1. The first kappa shape index (κ1) is 19.0. The molecular weight excluding hydrogens is 639 g/mol. The van der Waals surface area contributed by atoms with E-state index in [4.69, 9.17) is 15.6 Å². The zero-order chi connectivity index (χ0) is 17.1. The number of rotatable bonds is 5. The molecule has 4 N–H and O–H groups in total. The molecule has 0 unspecified atom stereocenters. The Hall–Kier alpha value is -0.340. The Morgan fingerprint density at radius 3 is 2.26 bits per heavy atom. The molecule has 0 aliphatic carbocycles. The van der Waals surface area contributed by atoms with Gasteiger partial charge >= 0.3 is 5.97 Å². The van der Waals surface area contributed by atoms with E-state index in [0.717, 1.165) is 16.3 Å². The van der Waals surface area contributed by atoms with Gasteiger partial charge in [-0.05, 0) is 110 Å². The van der Waals surface area contributed by atoms with Gasteiger partial charge in [0, 0.05) is 0 Å². The van der Waals surface area contributed by atoms with Crippen LogP contribution in [-0.2, 0) is 11.2 Å². The van der Waals surface area contributed by atoms with Crippen molar-refractivity contribution in [1.29, 1.82) is 0 Å². The maximum Gasteiger partial charge on any atom is 0.320 e. The molecule has 0 bridgehead atoms. The highest BCUT2D eigenvalue weighted by Gasteiger charge is 2.16. The van der Waals surface area contributed by atoms with Crippen LogP contribution in [0.5, 0.6) is 17.2 Å². The van der Waals surface area contributed by atoms with Gasteiger partial charge in [0.1, 0.15) is 17.5 Å². The minimum atomic E-state index is -1.02. The second kappa shape index (κ2) is 8.16. The van der Waals surface area contributed by atoms with E-state index in [1.54, 1.807) is 18.2 Å². The molecule has 0 aliphatic heterocycles. The molecule has 2 rings (SSSR count). The lowest BCUT2D eigenvalue weighted by molar-refractivity contribution is -0.138. The van der Waals surface area contributed by atoms with Crippen LogP contribution < -0.4 is 10.5 Å². The predicted octanol–water partition coefficient (Wildman–Crippen LogP) is 3.95. The van der Waals surface area contributed by atoms with Crippen molar-refractivity contribution in [2.45, 2.75) is 12.5 Å². The minimum Gasteiger partial charge on any atom is -0.508 e. The number of hydrogen-bond donors (Lipinski definition) is 3. The standard InChI is InChI=1S/C15H12I3NO4/c16-9-6-8(20)1-2-13(9)23-14-10(17)3-7(4-11(14)18)5-12(19)15(21)22/h1-4,6,12,20H,5,19H2,(H,21,22)/t12-/m1/s1. The van der Waals surface area contributed by atoms with Crippen LogP contribution in [0.4, 0.5) is 0 Å². The number of aromatic hydroxyl groups is 1. The zero-order valence-corrected chi connectivity index (χ0v) is 18.1. The molecule has 0 saturated carbocycles. The SMILES string of the molecule is N[C@H](Cc1cc(I)c(Oc2ccc(O)cc2I)c(I)c1)C(=O)O. The number of carboxylic acid groups (broad SMARTS) is 1. The fourth-order valence-electron chi connectivity index (χ4n) is 1.85. The predicted molar refractivity (Wildman–Crippen MR) is 112 cm³/mol. The fourth-order valence-corrected chi connectivity index (χ4v) is 4.58. The molecule has 0 heterocycles. The zero-order valence-electron chi connectivity index (χ0n) is 11.6. The van der Waals surface area contributed by atoms with Gasteiger partial charge in [0.15, 0.2) is 5.75 Å². The molecule has 23 heavy (non-hydrogen) atoms. The van der Waals surface area contributed by atoms with E-state index in [-0.39, 0.29) is 12.2 Å². The number of phenolic OH excluding ortho intramolecular Hbond substituents is 1. The Kier molecular flexibility index (Phi) is 6.74. The summed E-state index contributed by atoms with van der Waals surface area (Å²) in [6.07, 6.45) is 0.262. The van der Waals surface area contributed by atoms with Gasteiger partial charge in [0.25, 0.3) is 0 Å². The van der Waals surface area contributed by atoms with Gasteiger partial charge < -0.3 is 20.7 Å². The van der Waals surface area contributed by atoms with Gasteiger partial charge in [0.05, 0.1) is 10.7 Å². The van der Waals surface area contributed by atoms with Gasteiger partial charge in [0.2, 0.25) is 0 Å². The topological polar surface area (TPSA) is 92.8 Å². The molecular formula is C15H12I3NO4. The summed E-state index contributed by atoms with van der Waals surface area (Å²) >= 11 is 6.40. The Balaban J connectivity index is 2.28. The van der Waals surface area contributed by atoms with Crippen molar-refractivity contribution in [3.8, 4) is 17.2 Å². The number of carboxylic acids is 1. The maximum atomic E-state index is 10.9. The molecule has 8 heteroatoms. The molecule has 0 amide bonds. The summed E-state index contributed by atoms with van der Waals surface area (Å²) in [5, 5.41) is 18.4. The number of carbonyl (C=O) groups is 1. The van der Waals surface area contributed by atoms with Crippen molar-refractivity contribution < 1.29 is 19.7 Å². The van der Waals surface area contributed by atoms with E-state index in [9.17, 15) is 9.90 Å². The number of benzene rings is 2. The summed E-state index contributed by atoms with van der Waals surface area (Å²) in [5.74, 6) is 0.509. The summed E-state index contributed by atoms with van der Waals surface area (Å²) in [6.45, 7) is 0. The second-order valence-electron chi connectivity index (χ2n) is 4.75. The number of hydrogen-bond acceptors (Lipinski definition) is 4. The quantitative estimate of drug-likeness (QED) is 0.427. The lowest BCUT2D eigenvalue weighted by atomic mass is 10.1. The Bertz CT molecular complexity index is 728. The summed E-state index contributed by atoms with van der Waals surface area (Å²) in [5.41, 5.74) is 6.43. The molecule has 0 aromatic heterocycles. The van der Waals surface area contributed by atoms with Crippen LogP contribution in [-0.4, -0.2) is 22.2 Å². The third kappa shape index (κ3) is 5.06. The van der Waals surface area contributed by atoms with E-state index in [2.05, 4.69) is 67.8 Å². The average Bonchev–Trinajstić information content (AvgIpc) is 2.44. The molecule has 0 saturated heterocycles. The van der Waals surface area contributed by atoms with E-state index in [1.807, 2.05) is 12.1 Å². The maximum absolute atomic E-state index is 10.9. The van der Waals surface area contributed by atoms with Crippen LogP contribution in [0.15, 0.2) is 30.3 Å². The summed E-state index contributed by atoms with van der Waals surface area (Å²) in [6, 6.07) is 7.71. The first-order valence-electron chi connectivity index (χ1n) is 6.40. The molecule has 122 valence electrons. The summed E-state index contributed by atoms with van der Waals surface area (Å²) in [4.78, 5) is 10.9. The number of aliphatic carboxylic acids is 1. The van der Waals surface area contributed by atoms with Crippen LogP contribution in [0.3, 0.4) is 0 Å². The minimum absolute atomic E-state index is 0.184. The van der Waals surface area contributed by atoms with Crippen molar-refractivity contribution >= 4 is 73.7 Å². The lowest BCUT2D eigenvalue weighted by Crippen LogP contribution is -2.32. The number of phenols is 1. The average molecular weight is 651 g/mol. The van der Waals surface area contributed by atoms with Crippen molar-refractivity contribution in [3.63, 3.8) is 0 Å². The normalized spacial score (nSPS) is 12.0. The van der Waals surface area contributed by atoms with Crippen molar-refractivity contribution in [3.05, 3.63) is 46.6 Å². The molecule has 0 spiro atoms. The van der Waals surface area contributed by atoms with Gasteiger partial charge in [-0.1, -0.05) is 0 Å². The van der Waals surface area contributed by atoms with Crippen molar-refractivity contribution in [1.82, 2.24) is 0 Å². The van der Waals surface area contributed by atoms with Crippen molar-refractivity contribution in [2.24, 2.45) is 5.73 Å². The Labute approximate surface area is 174 Å². The van der Waals surface area contributed by atoms with Gasteiger partial charge in [-0.15, -0.1) is 0 Å². The molecule has 2 aromatic rings. The molecule has 0 aliphatic rings. The van der Waals surface area contributed by atoms with Gasteiger partial charge in [-0.25, -0.2) is 0 Å². The highest BCUT2D eigenvalue weighted by molar-refractivity contribution is 14.1. The first-order valence-corrected chi connectivity index (χ1v) is 9.64. The van der Waals surface area contributed by atoms with Gasteiger partial charge in [-0.3, -0.25) is 4.79 Å². The van der Waals surface area contributed by atoms with Crippen LogP contribution in [0, 0.1) is 10.7 Å². The van der Waals surface area contributed by atoms with Crippen LogP contribution in [0.2, 0.25) is 0 Å². The smallest absolute Gasteiger partial charge is 0.320 e.